The molecule has 0 radical (unpaired) electrons. The van der Waals surface area contributed by atoms with Gasteiger partial charge in [-0.15, -0.1) is 0 Å². The zero-order valence-corrected chi connectivity index (χ0v) is 8.76. The van der Waals surface area contributed by atoms with E-state index >= 15 is 0 Å². The molecule has 1 aromatic heterocycles. The summed E-state index contributed by atoms with van der Waals surface area (Å²) < 4.78 is 1.86. The highest BCUT2D eigenvalue weighted by molar-refractivity contribution is 6.36. The fraction of sp³-hybridized carbons (Fsp3) is 0.333. The van der Waals surface area contributed by atoms with Crippen molar-refractivity contribution < 1.29 is 5.11 Å². The lowest BCUT2D eigenvalue weighted by molar-refractivity contribution is 0.199. The highest BCUT2D eigenvalue weighted by atomic mass is 35.5. The predicted octanol–water partition coefficient (Wildman–Crippen LogP) is 2.86. The molecule has 2 nitrogen and oxygen atoms in total. The van der Waals surface area contributed by atoms with Crippen LogP contribution in [-0.4, -0.2) is 9.67 Å². The van der Waals surface area contributed by atoms with Crippen LogP contribution in [0.3, 0.4) is 0 Å². The van der Waals surface area contributed by atoms with Gasteiger partial charge in [-0.2, -0.15) is 0 Å². The Labute approximate surface area is 87.4 Å². The van der Waals surface area contributed by atoms with Crippen molar-refractivity contribution in [1.29, 1.82) is 0 Å². The van der Waals surface area contributed by atoms with E-state index in [1.807, 2.05) is 23.0 Å². The molecule has 0 bridgehead atoms. The van der Waals surface area contributed by atoms with Crippen LogP contribution in [0.5, 0.6) is 0 Å². The summed E-state index contributed by atoms with van der Waals surface area (Å²) in [5.74, 6) is 0. The van der Waals surface area contributed by atoms with Gasteiger partial charge in [0.05, 0.1) is 12.6 Å². The summed E-state index contributed by atoms with van der Waals surface area (Å²) >= 11 is 11.1. The standard InChI is InChI=1S/C9H11Cl2NO/c1-7(13)8-2-3-12(5-8)6-9(11)4-10/h2-5,7,13H,6H2,1H3/b9-4-. The van der Waals surface area contributed by atoms with Gasteiger partial charge < -0.3 is 9.67 Å². The highest BCUT2D eigenvalue weighted by Gasteiger charge is 2.02. The molecule has 1 rings (SSSR count). The number of hydrogen-bond acceptors (Lipinski definition) is 1. The molecule has 13 heavy (non-hydrogen) atoms. The van der Waals surface area contributed by atoms with Gasteiger partial charge in [0.15, 0.2) is 0 Å². The summed E-state index contributed by atoms with van der Waals surface area (Å²) in [6.07, 6.45) is 3.25. The van der Waals surface area contributed by atoms with E-state index in [4.69, 9.17) is 23.2 Å². The van der Waals surface area contributed by atoms with E-state index in [9.17, 15) is 5.11 Å². The van der Waals surface area contributed by atoms with Crippen LogP contribution in [0, 0.1) is 0 Å². The van der Waals surface area contributed by atoms with E-state index in [0.29, 0.717) is 11.6 Å². The average molecular weight is 220 g/mol. The van der Waals surface area contributed by atoms with Gasteiger partial charge in [-0.05, 0) is 18.6 Å². The summed E-state index contributed by atoms with van der Waals surface area (Å²) in [6.45, 7) is 2.26. The second-order valence-corrected chi connectivity index (χ2v) is 3.55. The molecule has 0 fully saturated rings. The lowest BCUT2D eigenvalue weighted by Crippen LogP contribution is -1.94. The van der Waals surface area contributed by atoms with Crippen LogP contribution in [-0.2, 0) is 6.54 Å². The summed E-state index contributed by atoms with van der Waals surface area (Å²) in [7, 11) is 0. The summed E-state index contributed by atoms with van der Waals surface area (Å²) in [4.78, 5) is 0. The first-order valence-corrected chi connectivity index (χ1v) is 4.73. The number of nitrogens with zero attached hydrogens (tertiary/aromatic N) is 1. The lowest BCUT2D eigenvalue weighted by atomic mass is 10.2. The van der Waals surface area contributed by atoms with Crippen molar-refractivity contribution in [2.45, 2.75) is 19.6 Å². The van der Waals surface area contributed by atoms with Crippen molar-refractivity contribution in [3.8, 4) is 0 Å². The molecule has 72 valence electrons. The molecular formula is C9H11Cl2NO. The molecule has 1 aromatic rings. The minimum absolute atomic E-state index is 0.444. The van der Waals surface area contributed by atoms with E-state index in [1.165, 1.54) is 5.54 Å². The van der Waals surface area contributed by atoms with Crippen LogP contribution in [0.25, 0.3) is 0 Å². The van der Waals surface area contributed by atoms with E-state index in [0.717, 1.165) is 5.56 Å². The molecule has 0 saturated heterocycles. The van der Waals surface area contributed by atoms with Crippen LogP contribution in [0.4, 0.5) is 0 Å². The Morgan fingerprint density at radius 1 is 1.77 bits per heavy atom. The molecule has 0 saturated carbocycles. The van der Waals surface area contributed by atoms with E-state index in [2.05, 4.69) is 0 Å². The van der Waals surface area contributed by atoms with Crippen LogP contribution >= 0.6 is 23.2 Å². The first-order chi connectivity index (χ1) is 6.13. The van der Waals surface area contributed by atoms with Gasteiger partial charge in [0.2, 0.25) is 0 Å². The van der Waals surface area contributed by atoms with Crippen LogP contribution in [0.2, 0.25) is 0 Å². The van der Waals surface area contributed by atoms with Crippen LogP contribution in [0.1, 0.15) is 18.6 Å². The molecule has 1 unspecified atom stereocenters. The quantitative estimate of drug-likeness (QED) is 0.832. The van der Waals surface area contributed by atoms with E-state index in [-0.39, 0.29) is 0 Å². The first-order valence-electron chi connectivity index (χ1n) is 3.92. The number of rotatable bonds is 3. The van der Waals surface area contributed by atoms with Crippen molar-refractivity contribution in [3.63, 3.8) is 0 Å². The van der Waals surface area contributed by atoms with Crippen molar-refractivity contribution in [1.82, 2.24) is 4.57 Å². The summed E-state index contributed by atoms with van der Waals surface area (Å²) in [5.41, 5.74) is 2.21. The topological polar surface area (TPSA) is 25.2 Å². The number of aromatic nitrogens is 1. The number of allylic oxidation sites excluding steroid dienone is 1. The molecule has 1 heterocycles. The van der Waals surface area contributed by atoms with Crippen molar-refractivity contribution in [2.75, 3.05) is 0 Å². The van der Waals surface area contributed by atoms with Crippen LogP contribution in [0.15, 0.2) is 29.0 Å². The molecule has 1 N–H and O–H groups in total. The number of hydrogen-bond donors (Lipinski definition) is 1. The first kappa shape index (κ1) is 10.6. The van der Waals surface area contributed by atoms with Crippen molar-refractivity contribution >= 4 is 23.2 Å². The molecule has 0 spiro atoms. The Morgan fingerprint density at radius 3 is 2.92 bits per heavy atom. The van der Waals surface area contributed by atoms with E-state index in [1.54, 1.807) is 6.92 Å². The van der Waals surface area contributed by atoms with Crippen molar-refractivity contribution in [3.05, 3.63) is 34.6 Å². The third-order valence-corrected chi connectivity index (χ3v) is 2.31. The molecule has 0 amide bonds. The lowest BCUT2D eigenvalue weighted by Gasteiger charge is -2.01. The molecule has 0 aromatic carbocycles. The molecule has 0 aliphatic carbocycles. The molecular weight excluding hydrogens is 209 g/mol. The maximum Gasteiger partial charge on any atom is 0.0776 e. The Hall–Kier alpha value is -0.440. The largest absolute Gasteiger partial charge is 0.389 e. The highest BCUT2D eigenvalue weighted by Crippen LogP contribution is 2.14. The number of aliphatic hydroxyl groups excluding tert-OH is 1. The Bertz CT molecular complexity index is 304. The zero-order valence-electron chi connectivity index (χ0n) is 7.24. The third kappa shape index (κ3) is 3.07. The Kier molecular flexibility index (Phi) is 3.85. The van der Waals surface area contributed by atoms with Crippen molar-refractivity contribution in [2.24, 2.45) is 0 Å². The second kappa shape index (κ2) is 4.70. The van der Waals surface area contributed by atoms with E-state index < -0.39 is 6.10 Å². The molecule has 4 heteroatoms. The van der Waals surface area contributed by atoms with Gasteiger partial charge in [-0.1, -0.05) is 23.2 Å². The summed E-state index contributed by atoms with van der Waals surface area (Å²) in [5, 5.41) is 9.81. The minimum atomic E-state index is -0.444. The van der Waals surface area contributed by atoms with Gasteiger partial charge in [-0.25, -0.2) is 0 Å². The second-order valence-electron chi connectivity index (χ2n) is 2.85. The molecule has 0 aliphatic rings. The number of aliphatic hydroxyl groups is 1. The maximum atomic E-state index is 9.24. The third-order valence-electron chi connectivity index (χ3n) is 1.71. The normalized spacial score (nSPS) is 14.6. The smallest absolute Gasteiger partial charge is 0.0776 e. The fourth-order valence-corrected chi connectivity index (χ4v) is 1.22. The number of halogens is 2. The SMILES string of the molecule is CC(O)c1ccn(C/C(Cl)=C/Cl)c1. The Morgan fingerprint density at radius 2 is 2.46 bits per heavy atom. The molecule has 0 aliphatic heterocycles. The summed E-state index contributed by atoms with van der Waals surface area (Å²) in [6, 6.07) is 1.85. The van der Waals surface area contributed by atoms with Gasteiger partial charge in [0.1, 0.15) is 0 Å². The van der Waals surface area contributed by atoms with Gasteiger partial charge in [0.25, 0.3) is 0 Å². The monoisotopic (exact) mass is 219 g/mol. The van der Waals surface area contributed by atoms with Gasteiger partial charge in [-0.3, -0.25) is 0 Å². The minimum Gasteiger partial charge on any atom is -0.389 e. The van der Waals surface area contributed by atoms with Gasteiger partial charge in [0, 0.05) is 23.0 Å². The molecule has 1 atom stereocenters. The fourth-order valence-electron chi connectivity index (χ4n) is 1.01. The van der Waals surface area contributed by atoms with Crippen LogP contribution < -0.4 is 0 Å². The zero-order chi connectivity index (χ0) is 9.84. The Balaban J connectivity index is 2.69. The average Bonchev–Trinajstić information content (AvgIpc) is 2.52. The predicted molar refractivity (Wildman–Crippen MR) is 54.9 cm³/mol. The van der Waals surface area contributed by atoms with Gasteiger partial charge >= 0.3 is 0 Å². The maximum absolute atomic E-state index is 9.24.